The number of rotatable bonds is 4. The zero-order valence-corrected chi connectivity index (χ0v) is 13.4. The van der Waals surface area contributed by atoms with E-state index in [4.69, 9.17) is 5.73 Å². The maximum atomic E-state index is 13.6. The summed E-state index contributed by atoms with van der Waals surface area (Å²) in [5.74, 6) is -0.516. The van der Waals surface area contributed by atoms with E-state index in [1.54, 1.807) is 25.1 Å². The third-order valence-corrected chi connectivity index (χ3v) is 3.92. The van der Waals surface area contributed by atoms with Gasteiger partial charge in [-0.25, -0.2) is 9.37 Å². The molecule has 0 unspecified atom stereocenters. The molecule has 0 spiro atoms. The normalized spacial score (nSPS) is 11.6. The van der Waals surface area contributed by atoms with Gasteiger partial charge in [0.15, 0.2) is 5.13 Å². The molecule has 0 saturated carbocycles. The Morgan fingerprint density at radius 2 is 2.14 bits per heavy atom. The molecule has 114 valence electrons. The van der Waals surface area contributed by atoms with Gasteiger partial charge in [-0.3, -0.25) is 4.79 Å². The third-order valence-electron chi connectivity index (χ3n) is 2.85. The zero-order valence-electron chi connectivity index (χ0n) is 11.7. The molecule has 0 aliphatic carbocycles. The van der Waals surface area contributed by atoms with Crippen LogP contribution in [0.25, 0.3) is 0 Å². The molecular weight excluding hydrogens is 313 g/mol. The number of carbonyl (C=O) groups excluding carboxylic acids is 1. The van der Waals surface area contributed by atoms with Crippen molar-refractivity contribution in [1.82, 2.24) is 4.98 Å². The second-order valence-corrected chi connectivity index (χ2v) is 5.66. The highest BCUT2D eigenvalue weighted by atomic mass is 35.5. The number of aromatic nitrogens is 1. The van der Waals surface area contributed by atoms with Gasteiger partial charge >= 0.3 is 0 Å². The van der Waals surface area contributed by atoms with Crippen LogP contribution in [0, 0.1) is 12.7 Å². The summed E-state index contributed by atoms with van der Waals surface area (Å²) < 4.78 is 13.6. The summed E-state index contributed by atoms with van der Waals surface area (Å²) >= 11 is 1.34. The van der Waals surface area contributed by atoms with Crippen LogP contribution in [0.1, 0.15) is 23.1 Å². The summed E-state index contributed by atoms with van der Waals surface area (Å²) in [6.45, 7) is 3.45. The maximum absolute atomic E-state index is 13.6. The second-order valence-electron chi connectivity index (χ2n) is 4.57. The van der Waals surface area contributed by atoms with E-state index in [-0.39, 0.29) is 24.1 Å². The van der Waals surface area contributed by atoms with Crippen molar-refractivity contribution in [2.24, 2.45) is 5.73 Å². The fourth-order valence-electron chi connectivity index (χ4n) is 1.68. The number of nitrogens with two attached hydrogens (primary N) is 1. The first-order valence-electron chi connectivity index (χ1n) is 6.23. The molecule has 0 radical (unpaired) electrons. The molecule has 0 aliphatic heterocycles. The van der Waals surface area contributed by atoms with Gasteiger partial charge in [0.25, 0.3) is 0 Å². The summed E-state index contributed by atoms with van der Waals surface area (Å²) in [5, 5.41) is 3.15. The summed E-state index contributed by atoms with van der Waals surface area (Å²) in [4.78, 5) is 16.7. The average Bonchev–Trinajstić information content (AvgIpc) is 2.72. The van der Waals surface area contributed by atoms with E-state index in [1.807, 2.05) is 6.92 Å². The monoisotopic (exact) mass is 329 g/mol. The number of thiazole rings is 1. The Morgan fingerprint density at radius 3 is 2.76 bits per heavy atom. The van der Waals surface area contributed by atoms with Crippen LogP contribution in [0.15, 0.2) is 24.3 Å². The Balaban J connectivity index is 0.00000220. The van der Waals surface area contributed by atoms with Crippen molar-refractivity contribution in [3.8, 4) is 0 Å². The second kappa shape index (κ2) is 7.49. The van der Waals surface area contributed by atoms with E-state index in [2.05, 4.69) is 10.3 Å². The van der Waals surface area contributed by atoms with E-state index < -0.39 is 6.04 Å². The van der Waals surface area contributed by atoms with Crippen LogP contribution in [0.3, 0.4) is 0 Å². The van der Waals surface area contributed by atoms with Gasteiger partial charge in [0.1, 0.15) is 5.82 Å². The van der Waals surface area contributed by atoms with Gasteiger partial charge < -0.3 is 11.1 Å². The molecule has 0 bridgehead atoms. The Hall–Kier alpha value is -1.50. The van der Waals surface area contributed by atoms with Crippen molar-refractivity contribution in [1.29, 1.82) is 0 Å². The van der Waals surface area contributed by atoms with Gasteiger partial charge in [-0.05, 0) is 25.5 Å². The van der Waals surface area contributed by atoms with Gasteiger partial charge in [0.2, 0.25) is 5.91 Å². The predicted molar refractivity (Wildman–Crippen MR) is 85.6 cm³/mol. The summed E-state index contributed by atoms with van der Waals surface area (Å²) in [5.41, 5.74) is 6.89. The number of benzene rings is 1. The lowest BCUT2D eigenvalue weighted by atomic mass is 10.1. The molecule has 21 heavy (non-hydrogen) atoms. The first-order valence-corrected chi connectivity index (χ1v) is 7.05. The molecule has 0 saturated heterocycles. The number of carbonyl (C=O) groups is 1. The Bertz CT molecular complexity index is 630. The number of halogens is 2. The number of amides is 1. The minimum Gasteiger partial charge on any atom is -0.320 e. The van der Waals surface area contributed by atoms with Crippen molar-refractivity contribution < 1.29 is 9.18 Å². The van der Waals surface area contributed by atoms with E-state index in [0.29, 0.717) is 17.1 Å². The van der Waals surface area contributed by atoms with Gasteiger partial charge in [0, 0.05) is 11.3 Å². The molecule has 7 heteroatoms. The molecule has 4 nitrogen and oxygen atoms in total. The van der Waals surface area contributed by atoms with Crippen molar-refractivity contribution in [3.63, 3.8) is 0 Å². The number of aryl methyl sites for hydroxylation is 1. The molecule has 1 aromatic heterocycles. The number of anilines is 1. The van der Waals surface area contributed by atoms with E-state index in [1.165, 1.54) is 17.4 Å². The van der Waals surface area contributed by atoms with Crippen molar-refractivity contribution in [2.45, 2.75) is 26.3 Å². The molecule has 1 aromatic carbocycles. The van der Waals surface area contributed by atoms with Crippen LogP contribution in [0.5, 0.6) is 0 Å². The smallest absolute Gasteiger partial charge is 0.242 e. The average molecular weight is 330 g/mol. The Labute approximate surface area is 133 Å². The fraction of sp³-hybridized carbons (Fsp3) is 0.286. The highest BCUT2D eigenvalue weighted by Gasteiger charge is 2.14. The standard InChI is InChI=1S/C14H16FN3OS.ClH/c1-8(16)13(19)18-14-17-9(2)12(20-14)7-10-5-3-4-6-11(10)15;/h3-6,8H,7,16H2,1-2H3,(H,17,18,19);1H/t8-;/m1./s1. The highest BCUT2D eigenvalue weighted by Crippen LogP contribution is 2.26. The molecule has 1 atom stereocenters. The summed E-state index contributed by atoms with van der Waals surface area (Å²) in [7, 11) is 0. The SMILES string of the molecule is Cc1nc(NC(=O)[C@@H](C)N)sc1Cc1ccccc1F.Cl. The lowest BCUT2D eigenvalue weighted by Crippen LogP contribution is -2.32. The lowest BCUT2D eigenvalue weighted by Gasteiger charge is -2.03. The van der Waals surface area contributed by atoms with Crippen molar-refractivity contribution in [2.75, 3.05) is 5.32 Å². The van der Waals surface area contributed by atoms with Crippen LogP contribution in [-0.2, 0) is 11.2 Å². The van der Waals surface area contributed by atoms with Crippen molar-refractivity contribution >= 4 is 34.8 Å². The van der Waals surface area contributed by atoms with Crippen LogP contribution in [-0.4, -0.2) is 16.9 Å². The summed E-state index contributed by atoms with van der Waals surface area (Å²) in [6, 6.07) is 6.05. The minimum atomic E-state index is -0.589. The van der Waals surface area contributed by atoms with Crippen LogP contribution >= 0.6 is 23.7 Å². The number of nitrogens with one attached hydrogen (secondary N) is 1. The quantitative estimate of drug-likeness (QED) is 0.906. The van der Waals surface area contributed by atoms with Gasteiger partial charge in [0.05, 0.1) is 11.7 Å². The zero-order chi connectivity index (χ0) is 14.7. The topological polar surface area (TPSA) is 68.0 Å². The van der Waals surface area contributed by atoms with E-state index in [0.717, 1.165) is 10.6 Å². The van der Waals surface area contributed by atoms with Gasteiger partial charge in [-0.2, -0.15) is 0 Å². The largest absolute Gasteiger partial charge is 0.320 e. The number of hydrogen-bond donors (Lipinski definition) is 2. The highest BCUT2D eigenvalue weighted by molar-refractivity contribution is 7.15. The maximum Gasteiger partial charge on any atom is 0.242 e. The molecule has 1 heterocycles. The fourth-order valence-corrected chi connectivity index (χ4v) is 2.67. The Morgan fingerprint density at radius 1 is 1.48 bits per heavy atom. The van der Waals surface area contributed by atoms with E-state index >= 15 is 0 Å². The van der Waals surface area contributed by atoms with Crippen LogP contribution in [0.2, 0.25) is 0 Å². The number of hydrogen-bond acceptors (Lipinski definition) is 4. The predicted octanol–water partition coefficient (Wildman–Crippen LogP) is 2.89. The molecule has 2 aromatic rings. The summed E-state index contributed by atoms with van der Waals surface area (Å²) in [6.07, 6.45) is 0.463. The lowest BCUT2D eigenvalue weighted by molar-refractivity contribution is -0.117. The van der Waals surface area contributed by atoms with E-state index in [9.17, 15) is 9.18 Å². The molecule has 0 aliphatic rings. The van der Waals surface area contributed by atoms with Gasteiger partial charge in [-0.1, -0.05) is 18.2 Å². The first kappa shape index (κ1) is 17.6. The minimum absolute atomic E-state index is 0. The van der Waals surface area contributed by atoms with Crippen molar-refractivity contribution in [3.05, 3.63) is 46.2 Å². The molecule has 2 rings (SSSR count). The van der Waals surface area contributed by atoms with Gasteiger partial charge in [-0.15, -0.1) is 23.7 Å². The number of nitrogens with zero attached hydrogens (tertiary/aromatic N) is 1. The van der Waals surface area contributed by atoms with Crippen LogP contribution in [0.4, 0.5) is 9.52 Å². The Kier molecular flexibility index (Phi) is 6.26. The molecular formula is C14H17ClFN3OS. The molecule has 0 fully saturated rings. The molecule has 1 amide bonds. The third kappa shape index (κ3) is 4.49. The first-order chi connectivity index (χ1) is 9.47. The van der Waals surface area contributed by atoms with Crippen LogP contribution < -0.4 is 11.1 Å². The molecule has 3 N–H and O–H groups in total.